The molecule has 0 saturated heterocycles. The number of carbonyl (C=O) groups excluding carboxylic acids is 1. The molecular formula is C24H22N4O3. The minimum Gasteiger partial charge on any atom is -0.482 e. The highest BCUT2D eigenvalue weighted by Crippen LogP contribution is 2.40. The van der Waals surface area contributed by atoms with Crippen LogP contribution in [0.3, 0.4) is 0 Å². The van der Waals surface area contributed by atoms with E-state index in [1.807, 2.05) is 49.4 Å². The minimum absolute atomic E-state index is 0.137. The number of rotatable bonds is 5. The Kier molecular flexibility index (Phi) is 4.86. The number of carbonyl (C=O) groups is 1. The Labute approximate surface area is 179 Å². The molecule has 1 aliphatic heterocycles. The van der Waals surface area contributed by atoms with E-state index in [9.17, 15) is 4.79 Å². The fourth-order valence-electron chi connectivity index (χ4n) is 4.11. The lowest BCUT2D eigenvalue weighted by Gasteiger charge is -2.11. The smallest absolute Gasteiger partial charge is 0.343 e. The fraction of sp³-hybridized carbons (Fsp3) is 0.250. The van der Waals surface area contributed by atoms with E-state index >= 15 is 0 Å². The van der Waals surface area contributed by atoms with Crippen molar-refractivity contribution in [3.8, 4) is 28.3 Å². The molecule has 0 atom stereocenters. The zero-order valence-electron chi connectivity index (χ0n) is 17.5. The van der Waals surface area contributed by atoms with Crippen LogP contribution in [-0.4, -0.2) is 39.4 Å². The van der Waals surface area contributed by atoms with Gasteiger partial charge in [0, 0.05) is 41.1 Å². The van der Waals surface area contributed by atoms with E-state index in [0.717, 1.165) is 58.5 Å². The summed E-state index contributed by atoms with van der Waals surface area (Å²) in [5.74, 6) is 0.149. The van der Waals surface area contributed by atoms with E-state index in [1.165, 1.54) is 12.8 Å². The lowest BCUT2D eigenvalue weighted by atomic mass is 9.96. The number of ether oxygens (including phenoxy) is 2. The number of benzene rings is 1. The molecule has 0 radical (unpaired) electrons. The largest absolute Gasteiger partial charge is 0.482 e. The SMILES string of the molecule is COC(=O)COc1ccc2c(-c3c(-c4cccc(C)n4)nn4c3CCC4)ccnc2c1. The van der Waals surface area contributed by atoms with Crippen molar-refractivity contribution in [2.75, 3.05) is 13.7 Å². The summed E-state index contributed by atoms with van der Waals surface area (Å²) in [6.07, 6.45) is 3.87. The molecule has 0 spiro atoms. The molecule has 1 aliphatic rings. The summed E-state index contributed by atoms with van der Waals surface area (Å²) in [5.41, 5.74) is 6.95. The molecule has 3 aromatic heterocycles. The standard InChI is InChI=1S/C24H22N4O3/c1-15-5-3-6-19(26-15)24-23(21-7-4-12-28(21)27-24)18-10-11-25-20-13-16(8-9-17(18)20)31-14-22(29)30-2/h3,5-6,8-11,13H,4,7,12,14H2,1-2H3. The number of nitrogens with zero attached hydrogens (tertiary/aromatic N) is 4. The number of methoxy groups -OCH3 is 1. The van der Waals surface area contributed by atoms with Gasteiger partial charge in [-0.25, -0.2) is 4.79 Å². The highest BCUT2D eigenvalue weighted by molar-refractivity contribution is 5.99. The Morgan fingerprint density at radius 3 is 2.94 bits per heavy atom. The Balaban J connectivity index is 1.63. The van der Waals surface area contributed by atoms with Crippen LogP contribution in [-0.2, 0) is 22.5 Å². The summed E-state index contributed by atoms with van der Waals surface area (Å²) in [7, 11) is 1.34. The van der Waals surface area contributed by atoms with E-state index in [1.54, 1.807) is 6.20 Å². The van der Waals surface area contributed by atoms with E-state index in [2.05, 4.69) is 14.4 Å². The van der Waals surface area contributed by atoms with Crippen LogP contribution in [0.5, 0.6) is 5.75 Å². The predicted molar refractivity (Wildman–Crippen MR) is 117 cm³/mol. The molecule has 0 fully saturated rings. The van der Waals surface area contributed by atoms with Crippen molar-refractivity contribution < 1.29 is 14.3 Å². The van der Waals surface area contributed by atoms with Crippen LogP contribution in [0.15, 0.2) is 48.7 Å². The first-order valence-electron chi connectivity index (χ1n) is 10.3. The first-order chi connectivity index (χ1) is 15.1. The van der Waals surface area contributed by atoms with Crippen molar-refractivity contribution >= 4 is 16.9 Å². The highest BCUT2D eigenvalue weighted by atomic mass is 16.6. The Hall–Kier alpha value is -3.74. The van der Waals surface area contributed by atoms with Gasteiger partial charge in [0.15, 0.2) is 6.61 Å². The third-order valence-electron chi connectivity index (χ3n) is 5.54. The van der Waals surface area contributed by atoms with Gasteiger partial charge in [-0.05, 0) is 55.7 Å². The van der Waals surface area contributed by atoms with Crippen molar-refractivity contribution in [1.82, 2.24) is 19.7 Å². The summed E-state index contributed by atoms with van der Waals surface area (Å²) < 4.78 is 12.3. The van der Waals surface area contributed by atoms with E-state index in [0.29, 0.717) is 5.75 Å². The summed E-state index contributed by atoms with van der Waals surface area (Å²) in [4.78, 5) is 20.6. The van der Waals surface area contributed by atoms with Gasteiger partial charge in [0.05, 0.1) is 18.3 Å². The molecule has 1 aromatic carbocycles. The molecule has 7 heteroatoms. The maximum Gasteiger partial charge on any atom is 0.343 e. The summed E-state index contributed by atoms with van der Waals surface area (Å²) in [6, 6.07) is 13.7. The van der Waals surface area contributed by atoms with Crippen LogP contribution in [0, 0.1) is 6.92 Å². The molecule has 156 valence electrons. The molecule has 4 aromatic rings. The number of hydrogen-bond acceptors (Lipinski definition) is 6. The van der Waals surface area contributed by atoms with Gasteiger partial charge in [-0.15, -0.1) is 0 Å². The molecule has 7 nitrogen and oxygen atoms in total. The summed E-state index contributed by atoms with van der Waals surface area (Å²) in [5, 5.41) is 5.92. The average molecular weight is 414 g/mol. The van der Waals surface area contributed by atoms with Crippen molar-refractivity contribution in [3.05, 3.63) is 60.0 Å². The number of aryl methyl sites for hydroxylation is 2. The van der Waals surface area contributed by atoms with Crippen molar-refractivity contribution in [1.29, 1.82) is 0 Å². The zero-order chi connectivity index (χ0) is 21.4. The number of pyridine rings is 2. The zero-order valence-corrected chi connectivity index (χ0v) is 17.5. The third-order valence-corrected chi connectivity index (χ3v) is 5.54. The molecule has 0 saturated carbocycles. The van der Waals surface area contributed by atoms with Gasteiger partial charge in [0.2, 0.25) is 0 Å². The molecule has 5 rings (SSSR count). The van der Waals surface area contributed by atoms with Gasteiger partial charge in [-0.1, -0.05) is 6.07 Å². The van der Waals surface area contributed by atoms with Crippen molar-refractivity contribution in [3.63, 3.8) is 0 Å². The molecule has 0 aliphatic carbocycles. The lowest BCUT2D eigenvalue weighted by molar-refractivity contribution is -0.142. The Morgan fingerprint density at radius 1 is 1.19 bits per heavy atom. The van der Waals surface area contributed by atoms with Gasteiger partial charge in [-0.2, -0.15) is 5.10 Å². The van der Waals surface area contributed by atoms with Crippen LogP contribution >= 0.6 is 0 Å². The second-order valence-corrected chi connectivity index (χ2v) is 7.56. The van der Waals surface area contributed by atoms with Crippen molar-refractivity contribution in [2.24, 2.45) is 0 Å². The van der Waals surface area contributed by atoms with Gasteiger partial charge in [-0.3, -0.25) is 14.6 Å². The maximum absolute atomic E-state index is 11.4. The quantitative estimate of drug-likeness (QED) is 0.460. The van der Waals surface area contributed by atoms with Gasteiger partial charge in [0.1, 0.15) is 11.4 Å². The number of esters is 1. The van der Waals surface area contributed by atoms with Crippen LogP contribution < -0.4 is 4.74 Å². The molecular weight excluding hydrogens is 392 g/mol. The number of hydrogen-bond donors (Lipinski definition) is 0. The Bertz CT molecular complexity index is 1300. The topological polar surface area (TPSA) is 79.1 Å². The van der Waals surface area contributed by atoms with E-state index < -0.39 is 5.97 Å². The number of fused-ring (bicyclic) bond motifs is 2. The van der Waals surface area contributed by atoms with Crippen molar-refractivity contribution in [2.45, 2.75) is 26.3 Å². The van der Waals surface area contributed by atoms with Gasteiger partial charge < -0.3 is 9.47 Å². The van der Waals surface area contributed by atoms with Crippen LogP contribution in [0.1, 0.15) is 17.8 Å². The predicted octanol–water partition coefficient (Wildman–Crippen LogP) is 3.97. The van der Waals surface area contributed by atoms with Crippen LogP contribution in [0.4, 0.5) is 0 Å². The molecule has 31 heavy (non-hydrogen) atoms. The first kappa shape index (κ1) is 19.2. The summed E-state index contributed by atoms with van der Waals surface area (Å²) in [6.45, 7) is 2.77. The van der Waals surface area contributed by atoms with Gasteiger partial charge >= 0.3 is 5.97 Å². The molecule has 4 heterocycles. The van der Waals surface area contributed by atoms with Gasteiger partial charge in [0.25, 0.3) is 0 Å². The lowest BCUT2D eigenvalue weighted by Crippen LogP contribution is -2.12. The molecule has 0 N–H and O–H groups in total. The summed E-state index contributed by atoms with van der Waals surface area (Å²) >= 11 is 0. The second kappa shape index (κ2) is 7.83. The average Bonchev–Trinajstić information content (AvgIpc) is 3.38. The minimum atomic E-state index is -0.424. The highest BCUT2D eigenvalue weighted by Gasteiger charge is 2.25. The van der Waals surface area contributed by atoms with E-state index in [-0.39, 0.29) is 6.61 Å². The number of aromatic nitrogens is 4. The Morgan fingerprint density at radius 2 is 2.10 bits per heavy atom. The molecule has 0 unspecified atom stereocenters. The fourth-order valence-corrected chi connectivity index (χ4v) is 4.11. The van der Waals surface area contributed by atoms with Crippen LogP contribution in [0.25, 0.3) is 33.4 Å². The molecule has 0 bridgehead atoms. The second-order valence-electron chi connectivity index (χ2n) is 7.56. The first-order valence-corrected chi connectivity index (χ1v) is 10.3. The maximum atomic E-state index is 11.4. The van der Waals surface area contributed by atoms with Crippen LogP contribution in [0.2, 0.25) is 0 Å². The normalized spacial score (nSPS) is 12.7. The molecule has 0 amide bonds. The monoisotopic (exact) mass is 414 g/mol. The third kappa shape index (κ3) is 3.52. The van der Waals surface area contributed by atoms with E-state index in [4.69, 9.17) is 14.8 Å².